The lowest BCUT2D eigenvalue weighted by Gasteiger charge is -2.16. The van der Waals surface area contributed by atoms with E-state index in [2.05, 4.69) is 19.9 Å². The number of hydrogen-bond acceptors (Lipinski definition) is 5. The minimum Gasteiger partial charge on any atom is -0.465 e. The summed E-state index contributed by atoms with van der Waals surface area (Å²) < 4.78 is 4.69. The number of benzene rings is 1. The van der Waals surface area contributed by atoms with E-state index in [-0.39, 0.29) is 16.1 Å². The lowest BCUT2D eigenvalue weighted by atomic mass is 9.90. The molecule has 0 saturated heterocycles. The van der Waals surface area contributed by atoms with Crippen molar-refractivity contribution in [2.45, 2.75) is 26.2 Å². The summed E-state index contributed by atoms with van der Waals surface area (Å²) >= 11 is 0. The zero-order chi connectivity index (χ0) is 21.2. The van der Waals surface area contributed by atoms with Crippen LogP contribution < -0.4 is 21.8 Å². The highest BCUT2D eigenvalue weighted by Gasteiger charge is 2.19. The van der Waals surface area contributed by atoms with Gasteiger partial charge in [-0.05, 0) is 29.8 Å². The van der Waals surface area contributed by atoms with Crippen molar-refractivity contribution in [2.75, 3.05) is 7.11 Å². The third kappa shape index (κ3) is 4.43. The molecule has 150 valence electrons. The maximum Gasteiger partial charge on any atom is 0.337 e. The molecule has 0 fully saturated rings. The van der Waals surface area contributed by atoms with Gasteiger partial charge in [0.05, 0.1) is 24.7 Å². The molecule has 8 nitrogen and oxygen atoms in total. The molecule has 0 unspecified atom stereocenters. The molecule has 3 aromatic rings. The van der Waals surface area contributed by atoms with Crippen LogP contribution in [0, 0.1) is 0 Å². The highest BCUT2D eigenvalue weighted by Crippen LogP contribution is 2.22. The van der Waals surface area contributed by atoms with Crippen molar-refractivity contribution in [1.29, 1.82) is 0 Å². The fraction of sp³-hybridized carbons (Fsp3) is 0.238. The van der Waals surface area contributed by atoms with Gasteiger partial charge in [-0.1, -0.05) is 32.9 Å². The molecule has 29 heavy (non-hydrogen) atoms. The maximum absolute atomic E-state index is 12.5. The van der Waals surface area contributed by atoms with Crippen molar-refractivity contribution in [3.63, 3.8) is 0 Å². The van der Waals surface area contributed by atoms with Crippen LogP contribution in [0.5, 0.6) is 0 Å². The smallest absolute Gasteiger partial charge is 0.337 e. The molecule has 3 N–H and O–H groups in total. The standard InChI is InChI=1S/C21H22N4O4/c1-21(2,3)17-14(22-11-23-17)10-16-19(27)24-15(18(26)25-16)9-12-6-5-7-13(8-12)20(28)29-4/h5-11H,1-4H3,(H,22,23)(H,24,27)(H,25,26). The van der Waals surface area contributed by atoms with Crippen LogP contribution in [0.15, 0.2) is 40.2 Å². The largest absolute Gasteiger partial charge is 0.465 e. The summed E-state index contributed by atoms with van der Waals surface area (Å²) in [5, 5.41) is 0.181. The van der Waals surface area contributed by atoms with Crippen LogP contribution >= 0.6 is 0 Å². The van der Waals surface area contributed by atoms with Gasteiger partial charge >= 0.3 is 5.97 Å². The Balaban J connectivity index is 2.09. The normalized spacial score (nSPS) is 13.0. The molecule has 0 spiro atoms. The molecule has 1 aromatic carbocycles. The Kier molecular flexibility index (Phi) is 5.36. The minimum absolute atomic E-state index is 0.0761. The zero-order valence-corrected chi connectivity index (χ0v) is 16.6. The van der Waals surface area contributed by atoms with E-state index in [9.17, 15) is 14.4 Å². The average molecular weight is 394 g/mol. The van der Waals surface area contributed by atoms with E-state index < -0.39 is 17.1 Å². The second kappa shape index (κ2) is 7.75. The molecular weight excluding hydrogens is 372 g/mol. The van der Waals surface area contributed by atoms with E-state index in [1.54, 1.807) is 36.7 Å². The molecule has 0 amide bonds. The maximum atomic E-state index is 12.5. The van der Waals surface area contributed by atoms with Crippen LogP contribution in [0.3, 0.4) is 0 Å². The summed E-state index contributed by atoms with van der Waals surface area (Å²) in [5.74, 6) is -0.485. The first-order chi connectivity index (χ1) is 13.7. The van der Waals surface area contributed by atoms with E-state index in [1.165, 1.54) is 13.2 Å². The van der Waals surface area contributed by atoms with Gasteiger partial charge in [-0.3, -0.25) is 9.59 Å². The number of esters is 1. The molecule has 0 atom stereocenters. The number of carbonyl (C=O) groups is 1. The fourth-order valence-corrected chi connectivity index (χ4v) is 2.89. The number of aromatic amines is 3. The Hall–Kier alpha value is -3.68. The van der Waals surface area contributed by atoms with E-state index in [4.69, 9.17) is 4.74 Å². The van der Waals surface area contributed by atoms with Gasteiger partial charge < -0.3 is 19.7 Å². The number of aromatic nitrogens is 4. The summed E-state index contributed by atoms with van der Waals surface area (Å²) in [7, 11) is 1.29. The first kappa shape index (κ1) is 20.1. The Morgan fingerprint density at radius 2 is 1.72 bits per heavy atom. The molecule has 0 saturated carbocycles. The predicted molar refractivity (Wildman–Crippen MR) is 109 cm³/mol. The lowest BCUT2D eigenvalue weighted by molar-refractivity contribution is 0.0600. The van der Waals surface area contributed by atoms with Crippen LogP contribution in [-0.4, -0.2) is 33.0 Å². The van der Waals surface area contributed by atoms with Crippen molar-refractivity contribution in [3.8, 4) is 0 Å². The first-order valence-electron chi connectivity index (χ1n) is 8.97. The second-order valence-corrected chi connectivity index (χ2v) is 7.55. The number of imidazole rings is 1. The topological polar surface area (TPSA) is 121 Å². The van der Waals surface area contributed by atoms with Gasteiger partial charge in [-0.2, -0.15) is 0 Å². The minimum atomic E-state index is -0.485. The average Bonchev–Trinajstić information content (AvgIpc) is 3.14. The van der Waals surface area contributed by atoms with Gasteiger partial charge in [0.25, 0.3) is 11.1 Å². The van der Waals surface area contributed by atoms with Gasteiger partial charge in [-0.25, -0.2) is 9.78 Å². The van der Waals surface area contributed by atoms with Gasteiger partial charge in [0.15, 0.2) is 0 Å². The summed E-state index contributed by atoms with van der Waals surface area (Å²) in [6.07, 6.45) is 4.58. The van der Waals surface area contributed by atoms with Gasteiger partial charge in [0.2, 0.25) is 0 Å². The Bertz CT molecular complexity index is 1290. The summed E-state index contributed by atoms with van der Waals surface area (Å²) in [5.41, 5.74) is 1.24. The van der Waals surface area contributed by atoms with Gasteiger partial charge in [0, 0.05) is 11.1 Å². The van der Waals surface area contributed by atoms with Crippen LogP contribution in [-0.2, 0) is 10.2 Å². The zero-order valence-electron chi connectivity index (χ0n) is 16.6. The number of carbonyl (C=O) groups excluding carboxylic acids is 1. The number of nitrogens with one attached hydrogen (secondary N) is 3. The van der Waals surface area contributed by atoms with Crippen LogP contribution in [0.25, 0.3) is 12.2 Å². The monoisotopic (exact) mass is 394 g/mol. The number of ether oxygens (including phenoxy) is 1. The first-order valence-corrected chi connectivity index (χ1v) is 8.97. The number of H-pyrrole nitrogens is 3. The van der Waals surface area contributed by atoms with Crippen LogP contribution in [0.2, 0.25) is 0 Å². The molecule has 0 bridgehead atoms. The molecule has 0 aliphatic rings. The molecule has 2 heterocycles. The van der Waals surface area contributed by atoms with E-state index >= 15 is 0 Å². The molecule has 2 aromatic heterocycles. The Labute approximate surface area is 166 Å². The molecule has 0 radical (unpaired) electrons. The number of methoxy groups -OCH3 is 1. The quantitative estimate of drug-likeness (QED) is 0.560. The number of rotatable bonds is 3. The summed E-state index contributed by atoms with van der Waals surface area (Å²) in [4.78, 5) is 49.1. The van der Waals surface area contributed by atoms with Gasteiger partial charge in [-0.15, -0.1) is 0 Å². The van der Waals surface area contributed by atoms with E-state index in [0.717, 1.165) is 5.69 Å². The van der Waals surface area contributed by atoms with Gasteiger partial charge in [0.1, 0.15) is 10.7 Å². The highest BCUT2D eigenvalue weighted by atomic mass is 16.5. The predicted octanol–water partition coefficient (Wildman–Crippen LogP) is 0.528. The third-order valence-corrected chi connectivity index (χ3v) is 4.30. The molecule has 3 rings (SSSR count). The third-order valence-electron chi connectivity index (χ3n) is 4.30. The molecule has 0 aliphatic carbocycles. The summed E-state index contributed by atoms with van der Waals surface area (Å²) in [6.45, 7) is 6.06. The number of hydrogen-bond donors (Lipinski definition) is 3. The molecule has 0 aliphatic heterocycles. The Morgan fingerprint density at radius 1 is 1.07 bits per heavy atom. The van der Waals surface area contributed by atoms with Crippen LogP contribution in [0.4, 0.5) is 0 Å². The second-order valence-electron chi connectivity index (χ2n) is 7.55. The molecular formula is C21H22N4O4. The van der Waals surface area contributed by atoms with Crippen molar-refractivity contribution in [1.82, 2.24) is 19.9 Å². The highest BCUT2D eigenvalue weighted by molar-refractivity contribution is 5.89. The van der Waals surface area contributed by atoms with E-state index in [0.29, 0.717) is 16.8 Å². The van der Waals surface area contributed by atoms with Crippen molar-refractivity contribution < 1.29 is 9.53 Å². The number of nitrogens with zero attached hydrogens (tertiary/aromatic N) is 1. The summed E-state index contributed by atoms with van der Waals surface area (Å²) in [6, 6.07) is 6.55. The van der Waals surface area contributed by atoms with Crippen molar-refractivity contribution in [2.24, 2.45) is 0 Å². The SMILES string of the molecule is COC(=O)c1cccc(C=c2[nH]c(=O)c(=Cc3nc[nH]c3C(C)(C)C)[nH]c2=O)c1. The Morgan fingerprint density at radius 3 is 2.34 bits per heavy atom. The fourth-order valence-electron chi connectivity index (χ4n) is 2.89. The molecule has 8 heteroatoms. The van der Waals surface area contributed by atoms with Crippen molar-refractivity contribution in [3.05, 3.63) is 84.5 Å². The lowest BCUT2D eigenvalue weighted by Crippen LogP contribution is -2.46. The van der Waals surface area contributed by atoms with E-state index in [1.807, 2.05) is 20.8 Å². The van der Waals surface area contributed by atoms with Crippen LogP contribution in [0.1, 0.15) is 48.1 Å². The van der Waals surface area contributed by atoms with Crippen molar-refractivity contribution >= 4 is 18.1 Å².